The number of hydrogen-bond donors (Lipinski definition) is 1. The number of ether oxygens (including phenoxy) is 1. The summed E-state index contributed by atoms with van der Waals surface area (Å²) in [6.45, 7) is 3.89. The average Bonchev–Trinajstić information content (AvgIpc) is 2.79. The molecule has 4 aromatic rings. The molecule has 1 N–H and O–H groups in total. The van der Waals surface area contributed by atoms with Crippen LogP contribution in [0.25, 0.3) is 22.4 Å². The van der Waals surface area contributed by atoms with E-state index in [1.807, 2.05) is 50.2 Å². The van der Waals surface area contributed by atoms with Crippen LogP contribution in [0.5, 0.6) is 0 Å². The fourth-order valence-corrected chi connectivity index (χ4v) is 3.60. The van der Waals surface area contributed by atoms with Gasteiger partial charge in [-0.25, -0.2) is 4.79 Å². The molecule has 4 rings (SSSR count). The summed E-state index contributed by atoms with van der Waals surface area (Å²) in [5.41, 5.74) is 3.77. The van der Waals surface area contributed by atoms with Gasteiger partial charge in [-0.1, -0.05) is 24.3 Å². The Morgan fingerprint density at radius 2 is 1.87 bits per heavy atom. The van der Waals surface area contributed by atoms with E-state index in [9.17, 15) is 9.59 Å². The van der Waals surface area contributed by atoms with Crippen LogP contribution in [0.2, 0.25) is 0 Å². The molecule has 0 aliphatic carbocycles. The zero-order valence-corrected chi connectivity index (χ0v) is 17.5. The summed E-state index contributed by atoms with van der Waals surface area (Å²) in [6, 6.07) is 17.6. The maximum absolute atomic E-state index is 12.9. The van der Waals surface area contributed by atoms with E-state index in [0.29, 0.717) is 33.7 Å². The van der Waals surface area contributed by atoms with E-state index < -0.39 is 5.97 Å². The number of esters is 1. The Balaban J connectivity index is 1.83. The molecular weight excluding hydrogens is 392 g/mol. The van der Waals surface area contributed by atoms with Gasteiger partial charge in [0.25, 0.3) is 0 Å². The predicted molar refractivity (Wildman–Crippen MR) is 120 cm³/mol. The molecule has 0 spiro atoms. The van der Waals surface area contributed by atoms with Crippen LogP contribution in [0.4, 0.5) is 5.69 Å². The molecule has 0 aliphatic heterocycles. The first-order chi connectivity index (χ1) is 15.0. The summed E-state index contributed by atoms with van der Waals surface area (Å²) >= 11 is 0. The van der Waals surface area contributed by atoms with Gasteiger partial charge < -0.3 is 14.5 Å². The van der Waals surface area contributed by atoms with Crippen LogP contribution in [0.1, 0.15) is 34.5 Å². The highest BCUT2D eigenvalue weighted by Crippen LogP contribution is 2.30. The van der Waals surface area contributed by atoms with E-state index in [4.69, 9.17) is 9.15 Å². The van der Waals surface area contributed by atoms with Crippen LogP contribution in [0, 0.1) is 6.92 Å². The number of pyridine rings is 1. The third kappa shape index (κ3) is 4.05. The topological polar surface area (TPSA) is 81.4 Å². The molecule has 2 heterocycles. The maximum Gasteiger partial charge on any atom is 0.339 e. The lowest BCUT2D eigenvalue weighted by Gasteiger charge is -2.19. The number of carbonyl (C=O) groups is 1. The first-order valence-electron chi connectivity index (χ1n) is 9.91. The van der Waals surface area contributed by atoms with E-state index >= 15 is 0 Å². The van der Waals surface area contributed by atoms with Gasteiger partial charge in [0.05, 0.1) is 24.1 Å². The van der Waals surface area contributed by atoms with Crippen LogP contribution >= 0.6 is 0 Å². The molecule has 0 saturated heterocycles. The number of rotatable bonds is 5. The van der Waals surface area contributed by atoms with Crippen LogP contribution in [0.3, 0.4) is 0 Å². The first-order valence-corrected chi connectivity index (χ1v) is 9.91. The van der Waals surface area contributed by atoms with Crippen LogP contribution < -0.4 is 10.7 Å². The zero-order valence-electron chi connectivity index (χ0n) is 17.5. The van der Waals surface area contributed by atoms with Crippen LogP contribution in [-0.2, 0) is 4.74 Å². The highest BCUT2D eigenvalue weighted by molar-refractivity contribution is 5.95. The monoisotopic (exact) mass is 414 g/mol. The number of nitrogens with zero attached hydrogens (tertiary/aromatic N) is 1. The summed E-state index contributed by atoms with van der Waals surface area (Å²) in [4.78, 5) is 29.3. The molecule has 0 bridgehead atoms. The van der Waals surface area contributed by atoms with Crippen molar-refractivity contribution >= 4 is 22.6 Å². The highest BCUT2D eigenvalue weighted by atomic mass is 16.5. The number of anilines is 1. The van der Waals surface area contributed by atoms with Gasteiger partial charge in [0, 0.05) is 23.5 Å². The zero-order chi connectivity index (χ0) is 22.0. The average molecular weight is 414 g/mol. The van der Waals surface area contributed by atoms with Gasteiger partial charge in [0.2, 0.25) is 0 Å². The second kappa shape index (κ2) is 8.44. The molecule has 0 fully saturated rings. The first kappa shape index (κ1) is 20.3. The number of aryl methyl sites for hydroxylation is 1. The number of hydrogen-bond acceptors (Lipinski definition) is 6. The largest absolute Gasteiger partial charge is 0.465 e. The molecule has 1 unspecified atom stereocenters. The lowest BCUT2D eigenvalue weighted by atomic mass is 10.0. The Labute approximate surface area is 179 Å². The van der Waals surface area contributed by atoms with Crippen molar-refractivity contribution < 1.29 is 13.9 Å². The number of methoxy groups -OCH3 is 1. The minimum absolute atomic E-state index is 0.131. The Kier molecular flexibility index (Phi) is 5.54. The molecule has 2 aromatic heterocycles. The normalized spacial score (nSPS) is 11.8. The number of carbonyl (C=O) groups excluding carboxylic acids is 1. The van der Waals surface area contributed by atoms with Crippen molar-refractivity contribution in [1.82, 2.24) is 4.98 Å². The second-order valence-electron chi connectivity index (χ2n) is 7.32. The molecule has 156 valence electrons. The Hall–Kier alpha value is -3.93. The van der Waals surface area contributed by atoms with Crippen molar-refractivity contribution in [2.24, 2.45) is 0 Å². The standard InChI is InChI=1S/C25H22N2O4/c1-15-12-18(16(2)27-20-9-5-4-8-17(20)25(29)30-3)24-19(13-15)22(28)14-23(31-24)21-10-6-7-11-26-21/h4-14,16,27H,1-3H3. The molecule has 0 radical (unpaired) electrons. The Morgan fingerprint density at radius 1 is 1.10 bits per heavy atom. The number of nitrogens with one attached hydrogen (secondary N) is 1. The van der Waals surface area contributed by atoms with E-state index in [2.05, 4.69) is 10.3 Å². The minimum atomic E-state index is -0.423. The van der Waals surface area contributed by atoms with Gasteiger partial charge >= 0.3 is 5.97 Å². The Bertz CT molecular complexity index is 1310. The highest BCUT2D eigenvalue weighted by Gasteiger charge is 2.19. The lowest BCUT2D eigenvalue weighted by molar-refractivity contribution is 0.0602. The molecule has 31 heavy (non-hydrogen) atoms. The summed E-state index contributed by atoms with van der Waals surface area (Å²) in [5, 5.41) is 3.87. The van der Waals surface area contributed by atoms with E-state index in [1.54, 1.807) is 24.4 Å². The van der Waals surface area contributed by atoms with Gasteiger partial charge in [-0.2, -0.15) is 0 Å². The predicted octanol–water partition coefficient (Wildman–Crippen LogP) is 5.12. The van der Waals surface area contributed by atoms with Crippen molar-refractivity contribution in [2.75, 3.05) is 12.4 Å². The Morgan fingerprint density at radius 3 is 2.61 bits per heavy atom. The summed E-state index contributed by atoms with van der Waals surface area (Å²) in [7, 11) is 1.35. The van der Waals surface area contributed by atoms with Gasteiger partial charge in [-0.15, -0.1) is 0 Å². The maximum atomic E-state index is 12.9. The third-order valence-electron chi connectivity index (χ3n) is 5.09. The van der Waals surface area contributed by atoms with Crippen LogP contribution in [-0.4, -0.2) is 18.1 Å². The van der Waals surface area contributed by atoms with Crippen molar-refractivity contribution in [2.45, 2.75) is 19.9 Å². The van der Waals surface area contributed by atoms with Gasteiger partial charge in [-0.3, -0.25) is 9.78 Å². The SMILES string of the molecule is COC(=O)c1ccccc1NC(C)c1cc(C)cc2c(=O)cc(-c3ccccn3)oc12. The molecule has 0 saturated carbocycles. The number of benzene rings is 2. The summed E-state index contributed by atoms with van der Waals surface area (Å²) < 4.78 is 11.1. The molecule has 2 aromatic carbocycles. The quantitative estimate of drug-likeness (QED) is 0.456. The molecule has 0 amide bonds. The molecule has 6 heteroatoms. The van der Waals surface area contributed by atoms with E-state index in [-0.39, 0.29) is 11.5 Å². The molecular formula is C25H22N2O4. The number of fused-ring (bicyclic) bond motifs is 1. The van der Waals surface area contributed by atoms with Crippen molar-refractivity contribution in [3.05, 3.63) is 93.8 Å². The smallest absolute Gasteiger partial charge is 0.339 e. The lowest BCUT2D eigenvalue weighted by Crippen LogP contribution is -2.13. The van der Waals surface area contributed by atoms with E-state index in [1.165, 1.54) is 13.2 Å². The van der Waals surface area contributed by atoms with Crippen molar-refractivity contribution in [1.29, 1.82) is 0 Å². The fraction of sp³-hybridized carbons (Fsp3) is 0.160. The minimum Gasteiger partial charge on any atom is -0.465 e. The fourth-order valence-electron chi connectivity index (χ4n) is 3.60. The second-order valence-corrected chi connectivity index (χ2v) is 7.32. The summed E-state index contributed by atoms with van der Waals surface area (Å²) in [5.74, 6) is -0.0151. The third-order valence-corrected chi connectivity index (χ3v) is 5.09. The number of para-hydroxylation sites is 1. The summed E-state index contributed by atoms with van der Waals surface area (Å²) in [6.07, 6.45) is 1.66. The van der Waals surface area contributed by atoms with Crippen LogP contribution in [0.15, 0.2) is 76.1 Å². The number of aromatic nitrogens is 1. The molecule has 6 nitrogen and oxygen atoms in total. The molecule has 1 atom stereocenters. The van der Waals surface area contributed by atoms with Gasteiger partial charge in [0.15, 0.2) is 11.2 Å². The van der Waals surface area contributed by atoms with Crippen molar-refractivity contribution in [3.63, 3.8) is 0 Å². The van der Waals surface area contributed by atoms with E-state index in [0.717, 1.165) is 11.1 Å². The van der Waals surface area contributed by atoms with Crippen molar-refractivity contribution in [3.8, 4) is 11.5 Å². The van der Waals surface area contributed by atoms with Gasteiger partial charge in [-0.05, 0) is 49.7 Å². The van der Waals surface area contributed by atoms with Gasteiger partial charge in [0.1, 0.15) is 11.3 Å². The molecule has 0 aliphatic rings.